The van der Waals surface area contributed by atoms with E-state index >= 15 is 0 Å². The highest BCUT2D eigenvalue weighted by Gasteiger charge is 2.26. The largest absolute Gasteiger partial charge is 0.481 e. The third-order valence-electron chi connectivity index (χ3n) is 3.19. The highest BCUT2D eigenvalue weighted by Crippen LogP contribution is 2.21. The average Bonchev–Trinajstić information content (AvgIpc) is 2.45. The van der Waals surface area contributed by atoms with Crippen molar-refractivity contribution in [3.8, 4) is 0 Å². The fourth-order valence-electron chi connectivity index (χ4n) is 2.01. The Hall–Kier alpha value is -1.30. The lowest BCUT2D eigenvalue weighted by atomic mass is 9.98. The molecule has 1 aliphatic heterocycles. The van der Waals surface area contributed by atoms with Gasteiger partial charge in [-0.3, -0.25) is 4.79 Å². The van der Waals surface area contributed by atoms with Gasteiger partial charge in [0.2, 0.25) is 0 Å². The maximum Gasteiger partial charge on any atom is 0.317 e. The number of hydrogen-bond donors (Lipinski definition) is 3. The second kappa shape index (κ2) is 6.58. The van der Waals surface area contributed by atoms with Crippen molar-refractivity contribution in [3.05, 3.63) is 0 Å². The van der Waals surface area contributed by atoms with Gasteiger partial charge in [0, 0.05) is 26.1 Å². The highest BCUT2D eigenvalue weighted by molar-refractivity contribution is 5.74. The lowest BCUT2D eigenvalue weighted by Crippen LogP contribution is -2.41. The zero-order valence-electron chi connectivity index (χ0n) is 10.8. The number of urea groups is 1. The van der Waals surface area contributed by atoms with E-state index in [9.17, 15) is 14.7 Å². The van der Waals surface area contributed by atoms with Crippen molar-refractivity contribution in [3.63, 3.8) is 0 Å². The summed E-state index contributed by atoms with van der Waals surface area (Å²) in [6, 6.07) is -0.168. The summed E-state index contributed by atoms with van der Waals surface area (Å²) in [7, 11) is 0. The number of rotatable bonds is 4. The standard InChI is InChI=1S/C12H22N2O4/c1-12(18)5-3-8-14(9-6-12)11(17)13-7-2-4-10(15)16/h18H,2-9H2,1H3,(H,13,17)(H,15,16). The maximum absolute atomic E-state index is 11.8. The van der Waals surface area contributed by atoms with Gasteiger partial charge in [0.15, 0.2) is 0 Å². The van der Waals surface area contributed by atoms with E-state index in [1.807, 2.05) is 0 Å². The van der Waals surface area contributed by atoms with E-state index in [2.05, 4.69) is 5.32 Å². The molecule has 104 valence electrons. The number of amides is 2. The zero-order chi connectivity index (χ0) is 13.6. The van der Waals surface area contributed by atoms with Crippen LogP contribution in [0.3, 0.4) is 0 Å². The van der Waals surface area contributed by atoms with Crippen molar-refractivity contribution >= 4 is 12.0 Å². The molecule has 0 saturated carbocycles. The van der Waals surface area contributed by atoms with Crippen molar-refractivity contribution < 1.29 is 19.8 Å². The Morgan fingerprint density at radius 2 is 2.06 bits per heavy atom. The van der Waals surface area contributed by atoms with Gasteiger partial charge in [-0.25, -0.2) is 4.79 Å². The Kier molecular flexibility index (Phi) is 5.40. The average molecular weight is 258 g/mol. The van der Waals surface area contributed by atoms with Crippen LogP contribution in [0.5, 0.6) is 0 Å². The van der Waals surface area contributed by atoms with Crippen LogP contribution in [-0.4, -0.2) is 52.3 Å². The fourth-order valence-corrected chi connectivity index (χ4v) is 2.01. The van der Waals surface area contributed by atoms with Crippen LogP contribution in [0.25, 0.3) is 0 Å². The number of nitrogens with one attached hydrogen (secondary N) is 1. The predicted octanol–water partition coefficient (Wildman–Crippen LogP) is 0.798. The van der Waals surface area contributed by atoms with Crippen LogP contribution in [0.4, 0.5) is 4.79 Å². The summed E-state index contributed by atoms with van der Waals surface area (Å²) >= 11 is 0. The number of carboxylic acids is 1. The molecule has 1 unspecified atom stereocenters. The molecule has 0 aromatic rings. The van der Waals surface area contributed by atoms with E-state index in [4.69, 9.17) is 5.11 Å². The van der Waals surface area contributed by atoms with E-state index < -0.39 is 11.6 Å². The van der Waals surface area contributed by atoms with Crippen LogP contribution in [0.1, 0.15) is 39.0 Å². The Bertz CT molecular complexity index is 304. The predicted molar refractivity (Wildman–Crippen MR) is 66.3 cm³/mol. The molecule has 0 aromatic carbocycles. The number of carbonyl (C=O) groups excluding carboxylic acids is 1. The molecule has 0 radical (unpaired) electrons. The van der Waals surface area contributed by atoms with Gasteiger partial charge in [-0.15, -0.1) is 0 Å². The molecule has 1 atom stereocenters. The molecule has 1 aliphatic rings. The number of aliphatic hydroxyl groups is 1. The Labute approximate surface area is 107 Å². The highest BCUT2D eigenvalue weighted by atomic mass is 16.4. The summed E-state index contributed by atoms with van der Waals surface area (Å²) in [5, 5.41) is 21.1. The SMILES string of the molecule is CC1(O)CCCN(C(=O)NCCCC(=O)O)CC1. The monoisotopic (exact) mass is 258 g/mol. The molecule has 0 aromatic heterocycles. The second-order valence-electron chi connectivity index (χ2n) is 5.07. The van der Waals surface area contributed by atoms with E-state index in [1.165, 1.54) is 0 Å². The van der Waals surface area contributed by atoms with Crippen molar-refractivity contribution in [2.45, 2.75) is 44.6 Å². The smallest absolute Gasteiger partial charge is 0.317 e. The molecule has 0 bridgehead atoms. The van der Waals surface area contributed by atoms with Gasteiger partial charge in [-0.2, -0.15) is 0 Å². The van der Waals surface area contributed by atoms with Crippen molar-refractivity contribution in [1.29, 1.82) is 0 Å². The third kappa shape index (κ3) is 5.35. The molecule has 6 heteroatoms. The van der Waals surface area contributed by atoms with Crippen LogP contribution in [-0.2, 0) is 4.79 Å². The second-order valence-corrected chi connectivity index (χ2v) is 5.07. The number of carbonyl (C=O) groups is 2. The first-order chi connectivity index (χ1) is 8.41. The Balaban J connectivity index is 2.27. The minimum Gasteiger partial charge on any atom is -0.481 e. The van der Waals surface area contributed by atoms with Gasteiger partial charge >= 0.3 is 12.0 Å². The van der Waals surface area contributed by atoms with E-state index in [-0.39, 0.29) is 12.5 Å². The van der Waals surface area contributed by atoms with Crippen molar-refractivity contribution in [2.75, 3.05) is 19.6 Å². The molecule has 1 heterocycles. The number of likely N-dealkylation sites (tertiary alicyclic amines) is 1. The molecular weight excluding hydrogens is 236 g/mol. The minimum atomic E-state index is -0.852. The molecule has 0 aliphatic carbocycles. The normalized spacial score (nSPS) is 24.4. The van der Waals surface area contributed by atoms with E-state index in [0.717, 1.165) is 6.42 Å². The molecule has 1 rings (SSSR count). The zero-order valence-corrected chi connectivity index (χ0v) is 10.8. The van der Waals surface area contributed by atoms with E-state index in [0.29, 0.717) is 38.9 Å². The minimum absolute atomic E-state index is 0.0645. The van der Waals surface area contributed by atoms with Crippen molar-refractivity contribution in [2.24, 2.45) is 0 Å². The van der Waals surface area contributed by atoms with Gasteiger partial charge in [-0.1, -0.05) is 0 Å². The van der Waals surface area contributed by atoms with Gasteiger partial charge in [0.25, 0.3) is 0 Å². The molecule has 18 heavy (non-hydrogen) atoms. The van der Waals surface area contributed by atoms with Gasteiger partial charge in [0.1, 0.15) is 0 Å². The van der Waals surface area contributed by atoms with Crippen LogP contribution in [0.15, 0.2) is 0 Å². The molecule has 2 amide bonds. The Morgan fingerprint density at radius 3 is 2.72 bits per heavy atom. The summed E-state index contributed by atoms with van der Waals surface area (Å²) in [4.78, 5) is 23.8. The number of carboxylic acid groups (broad SMARTS) is 1. The molecule has 1 fully saturated rings. The first-order valence-corrected chi connectivity index (χ1v) is 6.38. The topological polar surface area (TPSA) is 89.9 Å². The summed E-state index contributed by atoms with van der Waals surface area (Å²) in [6.07, 6.45) is 2.57. The summed E-state index contributed by atoms with van der Waals surface area (Å²) in [5.41, 5.74) is -0.682. The van der Waals surface area contributed by atoms with Gasteiger partial charge in [0.05, 0.1) is 5.60 Å². The van der Waals surface area contributed by atoms with Crippen LogP contribution >= 0.6 is 0 Å². The first kappa shape index (κ1) is 14.8. The van der Waals surface area contributed by atoms with Crippen LogP contribution < -0.4 is 5.32 Å². The summed E-state index contributed by atoms with van der Waals surface area (Å²) in [5.74, 6) is -0.852. The molecule has 6 nitrogen and oxygen atoms in total. The summed E-state index contributed by atoms with van der Waals surface area (Å²) < 4.78 is 0. The van der Waals surface area contributed by atoms with Crippen LogP contribution in [0, 0.1) is 0 Å². The van der Waals surface area contributed by atoms with E-state index in [1.54, 1.807) is 11.8 Å². The summed E-state index contributed by atoms with van der Waals surface area (Å²) in [6.45, 7) is 3.35. The van der Waals surface area contributed by atoms with Crippen LogP contribution in [0.2, 0.25) is 0 Å². The quantitative estimate of drug-likeness (QED) is 0.650. The number of hydrogen-bond acceptors (Lipinski definition) is 3. The lowest BCUT2D eigenvalue weighted by Gasteiger charge is -2.22. The lowest BCUT2D eigenvalue weighted by molar-refractivity contribution is -0.137. The van der Waals surface area contributed by atoms with Gasteiger partial charge in [-0.05, 0) is 32.6 Å². The molecular formula is C12H22N2O4. The third-order valence-corrected chi connectivity index (χ3v) is 3.19. The van der Waals surface area contributed by atoms with Crippen molar-refractivity contribution in [1.82, 2.24) is 10.2 Å². The van der Waals surface area contributed by atoms with Gasteiger partial charge < -0.3 is 20.4 Å². The molecule has 0 spiro atoms. The first-order valence-electron chi connectivity index (χ1n) is 6.38. The maximum atomic E-state index is 11.8. The molecule has 3 N–H and O–H groups in total. The molecule has 1 saturated heterocycles. The number of aliphatic carboxylic acids is 1. The fraction of sp³-hybridized carbons (Fsp3) is 0.833. The Morgan fingerprint density at radius 1 is 1.33 bits per heavy atom. The number of nitrogens with zero attached hydrogens (tertiary/aromatic N) is 1.